The van der Waals surface area contributed by atoms with Crippen molar-refractivity contribution in [2.45, 2.75) is 48.2 Å². The Morgan fingerprint density at radius 1 is 1.00 bits per heavy atom. The van der Waals surface area contributed by atoms with Crippen LogP contribution in [0.2, 0.25) is 5.02 Å². The molecule has 2 fully saturated rings. The number of nitrogens with zero attached hydrogens (tertiary/aromatic N) is 3. The number of carboxylic acid groups (broad SMARTS) is 2. The lowest BCUT2D eigenvalue weighted by Gasteiger charge is -2.41. The van der Waals surface area contributed by atoms with E-state index in [9.17, 15) is 34.2 Å². The quantitative estimate of drug-likeness (QED) is 0.0355. The number of thioether (sulfide) groups is 2. The van der Waals surface area contributed by atoms with Gasteiger partial charge in [0.25, 0.3) is 11.8 Å². The van der Waals surface area contributed by atoms with Crippen LogP contribution < -0.4 is 35.3 Å². The standard InChI is InChI=1S/C40H41ClN6O12S3/c1-39(2,36(51)52)59-46-29(26-19-60-38(42)44-26)33(49)45-30-34(50)47-20-40(37(53)54,62-35(30)47)61-16-15-43-32(48)25-13-14-27(57-17-21-5-9-23(55-3)10-6-21)31(28(25)41)58-18-22-7-11-24(56-4)12-8-22/h5-14,19,30,35H,15-18,20H2,1-4H3,(H2,42,44)(H,43,48)(H,45,49)(H,51,52)(H,53,54)/b46-29-/t30?,35-,40-/m1/s1. The Hall–Kier alpha value is -5.90. The van der Waals surface area contributed by atoms with E-state index in [2.05, 4.69) is 20.8 Å². The fourth-order valence-electron chi connectivity index (χ4n) is 5.88. The Bertz CT molecular complexity index is 2360. The van der Waals surface area contributed by atoms with Crippen molar-refractivity contribution in [3.63, 3.8) is 0 Å². The van der Waals surface area contributed by atoms with E-state index in [1.54, 1.807) is 44.6 Å². The predicted molar refractivity (Wildman–Crippen MR) is 232 cm³/mol. The van der Waals surface area contributed by atoms with Crippen LogP contribution in [0.3, 0.4) is 0 Å². The topological polar surface area (TPSA) is 251 Å². The molecule has 328 valence electrons. The zero-order valence-corrected chi connectivity index (χ0v) is 36.7. The number of hydrogen-bond donors (Lipinski definition) is 5. The minimum absolute atomic E-state index is 0.00355. The van der Waals surface area contributed by atoms with Crippen molar-refractivity contribution < 1.29 is 58.0 Å². The number of nitrogens with two attached hydrogens (primary N) is 1. The third kappa shape index (κ3) is 10.2. The van der Waals surface area contributed by atoms with E-state index in [-0.39, 0.29) is 59.2 Å². The fraction of sp³-hybridized carbons (Fsp3) is 0.325. The molecule has 0 aliphatic carbocycles. The first kappa shape index (κ1) is 45.6. The van der Waals surface area contributed by atoms with Crippen LogP contribution in [0.5, 0.6) is 23.0 Å². The number of benzene rings is 3. The summed E-state index contributed by atoms with van der Waals surface area (Å²) in [5.74, 6) is -2.62. The normalized spacial score (nSPS) is 18.2. The number of nitrogens with one attached hydrogen (secondary N) is 2. The highest BCUT2D eigenvalue weighted by molar-refractivity contribution is 8.20. The Balaban J connectivity index is 1.09. The molecular weight excluding hydrogens is 888 g/mol. The smallest absolute Gasteiger partial charge is 0.350 e. The Morgan fingerprint density at radius 3 is 2.19 bits per heavy atom. The maximum absolute atomic E-state index is 13.5. The van der Waals surface area contributed by atoms with Crippen LogP contribution in [-0.4, -0.2) is 110 Å². The van der Waals surface area contributed by atoms with Gasteiger partial charge in [0.2, 0.25) is 11.5 Å². The summed E-state index contributed by atoms with van der Waals surface area (Å²) in [6.45, 7) is 2.56. The van der Waals surface area contributed by atoms with Gasteiger partial charge in [0.15, 0.2) is 26.4 Å². The third-order valence-corrected chi connectivity index (χ3v) is 13.7. The molecule has 1 aromatic heterocycles. The molecule has 1 unspecified atom stereocenters. The minimum atomic E-state index is -1.81. The second-order valence-corrected chi connectivity index (χ2v) is 18.4. The number of amides is 3. The number of aromatic nitrogens is 1. The zero-order chi connectivity index (χ0) is 44.8. The first-order chi connectivity index (χ1) is 29.5. The highest BCUT2D eigenvalue weighted by Crippen LogP contribution is 2.52. The average Bonchev–Trinajstić information content (AvgIpc) is 3.85. The van der Waals surface area contributed by atoms with Crippen LogP contribution in [0.25, 0.3) is 0 Å². The number of thiazole rings is 1. The number of oxime groups is 1. The van der Waals surface area contributed by atoms with Gasteiger partial charge in [0.05, 0.1) is 31.4 Å². The molecule has 0 saturated carbocycles. The number of methoxy groups -OCH3 is 2. The van der Waals surface area contributed by atoms with Gasteiger partial charge in [-0.3, -0.25) is 14.4 Å². The molecule has 0 radical (unpaired) electrons. The summed E-state index contributed by atoms with van der Waals surface area (Å²) in [5.41, 5.74) is 5.23. The number of fused-ring (bicyclic) bond motifs is 1. The van der Waals surface area contributed by atoms with E-state index >= 15 is 0 Å². The fourth-order valence-corrected chi connectivity index (χ4v) is 9.76. The summed E-state index contributed by atoms with van der Waals surface area (Å²) in [4.78, 5) is 75.0. The molecule has 2 aliphatic rings. The molecule has 3 amide bonds. The summed E-state index contributed by atoms with van der Waals surface area (Å²) in [6, 6.07) is 16.5. The van der Waals surface area contributed by atoms with Crippen LogP contribution in [0.4, 0.5) is 5.13 Å². The van der Waals surface area contributed by atoms with E-state index < -0.39 is 56.5 Å². The molecule has 18 nitrogen and oxygen atoms in total. The third-order valence-electron chi connectivity index (χ3n) is 9.43. The number of rotatable bonds is 20. The highest BCUT2D eigenvalue weighted by atomic mass is 35.5. The largest absolute Gasteiger partial charge is 0.497 e. The maximum Gasteiger partial charge on any atom is 0.350 e. The van der Waals surface area contributed by atoms with Crippen molar-refractivity contribution in [3.05, 3.63) is 93.5 Å². The van der Waals surface area contributed by atoms with E-state index in [1.807, 2.05) is 24.3 Å². The maximum atomic E-state index is 13.5. The molecule has 0 spiro atoms. The van der Waals surface area contributed by atoms with E-state index in [4.69, 9.17) is 41.1 Å². The van der Waals surface area contributed by atoms with E-state index in [0.717, 1.165) is 46.0 Å². The number of carbonyl (C=O) groups excluding carboxylic acids is 3. The van der Waals surface area contributed by atoms with Gasteiger partial charge in [-0.15, -0.1) is 34.9 Å². The first-order valence-electron chi connectivity index (χ1n) is 18.6. The molecule has 6 rings (SSSR count). The SMILES string of the molecule is COc1ccc(COc2ccc(C(=O)NCCS[C@]3(C(=O)O)CN4C(=O)C(NC(=O)/C(=N\OC(C)(C)C(=O)O)c5csc(N)n5)[C@H]4S3)c(Cl)c2OCc2ccc(OC)cc2)cc1. The summed E-state index contributed by atoms with van der Waals surface area (Å²) >= 11 is 9.81. The molecule has 62 heavy (non-hydrogen) atoms. The molecular formula is C40H41ClN6O12S3. The minimum Gasteiger partial charge on any atom is -0.497 e. The van der Waals surface area contributed by atoms with Gasteiger partial charge in [-0.05, 0) is 61.4 Å². The van der Waals surface area contributed by atoms with Gasteiger partial charge in [-0.2, -0.15) is 0 Å². The van der Waals surface area contributed by atoms with Crippen molar-refractivity contribution in [1.29, 1.82) is 0 Å². The number of carboxylic acids is 2. The number of nitrogen functional groups attached to an aromatic ring is 1. The lowest BCUT2D eigenvalue weighted by atomic mass is 10.1. The number of anilines is 1. The van der Waals surface area contributed by atoms with Gasteiger partial charge in [-0.25, -0.2) is 14.6 Å². The van der Waals surface area contributed by atoms with Crippen LogP contribution in [0, 0.1) is 0 Å². The summed E-state index contributed by atoms with van der Waals surface area (Å²) in [5, 5.41) is 29.6. The second-order valence-electron chi connectivity index (χ2n) is 14.0. The lowest BCUT2D eigenvalue weighted by Crippen LogP contribution is -2.68. The number of halogens is 1. The van der Waals surface area contributed by atoms with Gasteiger partial charge in [-0.1, -0.05) is 41.0 Å². The van der Waals surface area contributed by atoms with Crippen molar-refractivity contribution in [2.75, 3.05) is 38.8 Å². The van der Waals surface area contributed by atoms with Gasteiger partial charge < -0.3 is 55.3 Å². The van der Waals surface area contributed by atoms with Gasteiger partial charge >= 0.3 is 11.9 Å². The van der Waals surface area contributed by atoms with Crippen molar-refractivity contribution in [3.8, 4) is 23.0 Å². The van der Waals surface area contributed by atoms with Crippen LogP contribution in [0.1, 0.15) is 41.0 Å². The summed E-state index contributed by atoms with van der Waals surface area (Å²) < 4.78 is 21.2. The van der Waals surface area contributed by atoms with Crippen molar-refractivity contribution >= 4 is 87.0 Å². The van der Waals surface area contributed by atoms with Gasteiger partial charge in [0, 0.05) is 17.7 Å². The zero-order valence-electron chi connectivity index (χ0n) is 33.5. The average molecular weight is 929 g/mol. The Kier molecular flexibility index (Phi) is 14.3. The van der Waals surface area contributed by atoms with Crippen LogP contribution in [0.15, 0.2) is 71.2 Å². The molecule has 4 aromatic rings. The van der Waals surface area contributed by atoms with Crippen LogP contribution in [-0.2, 0) is 37.2 Å². The van der Waals surface area contributed by atoms with Crippen molar-refractivity contribution in [1.82, 2.24) is 20.5 Å². The number of carbonyl (C=O) groups is 5. The molecule has 3 atom stereocenters. The Labute approximate surface area is 372 Å². The summed E-state index contributed by atoms with van der Waals surface area (Å²) in [7, 11) is 3.14. The van der Waals surface area contributed by atoms with Gasteiger partial charge in [0.1, 0.15) is 41.8 Å². The molecule has 3 aromatic carbocycles. The molecule has 0 bridgehead atoms. The predicted octanol–water partition coefficient (Wildman–Crippen LogP) is 4.48. The monoisotopic (exact) mass is 928 g/mol. The lowest BCUT2D eigenvalue weighted by molar-refractivity contribution is -0.161. The Morgan fingerprint density at radius 2 is 1.63 bits per heavy atom. The first-order valence-corrected chi connectivity index (χ1v) is 21.7. The van der Waals surface area contributed by atoms with E-state index in [1.165, 1.54) is 30.2 Å². The number of aliphatic carboxylic acids is 2. The molecule has 2 aliphatic heterocycles. The van der Waals surface area contributed by atoms with E-state index in [0.29, 0.717) is 17.2 Å². The molecule has 6 N–H and O–H groups in total. The molecule has 22 heteroatoms. The number of ether oxygens (including phenoxy) is 4. The second kappa shape index (κ2) is 19.4. The molecule has 3 heterocycles. The highest BCUT2D eigenvalue weighted by Gasteiger charge is 2.62. The van der Waals surface area contributed by atoms with Crippen molar-refractivity contribution in [2.24, 2.45) is 5.16 Å². The molecule has 2 saturated heterocycles. The summed E-state index contributed by atoms with van der Waals surface area (Å²) in [6.07, 6.45) is 0. The van der Waals surface area contributed by atoms with Crippen LogP contribution >= 0.6 is 46.5 Å². The number of hydrogen-bond acceptors (Lipinski definition) is 16. The number of β-lactam (4-membered cyclic amide) rings is 1.